The highest BCUT2D eigenvalue weighted by molar-refractivity contribution is 5.94. The van der Waals surface area contributed by atoms with Gasteiger partial charge in [-0.3, -0.25) is 4.79 Å². The van der Waals surface area contributed by atoms with Crippen LogP contribution >= 0.6 is 0 Å². The van der Waals surface area contributed by atoms with Gasteiger partial charge in [-0.1, -0.05) is 6.07 Å². The molecule has 0 aromatic heterocycles. The van der Waals surface area contributed by atoms with Crippen molar-refractivity contribution in [3.63, 3.8) is 0 Å². The summed E-state index contributed by atoms with van der Waals surface area (Å²) in [5, 5.41) is 0. The van der Waals surface area contributed by atoms with Gasteiger partial charge in [0, 0.05) is 24.7 Å². The molecule has 1 aromatic carbocycles. The molecule has 0 aliphatic carbocycles. The van der Waals surface area contributed by atoms with Crippen LogP contribution in [0.25, 0.3) is 0 Å². The molecule has 1 heterocycles. The molecule has 2 atom stereocenters. The third-order valence-corrected chi connectivity index (χ3v) is 4.14. The molecule has 20 heavy (non-hydrogen) atoms. The number of nitrogens with zero attached hydrogens (tertiary/aromatic N) is 1. The van der Waals surface area contributed by atoms with Crippen molar-refractivity contribution in [3.05, 3.63) is 29.3 Å². The van der Waals surface area contributed by atoms with E-state index in [-0.39, 0.29) is 11.9 Å². The van der Waals surface area contributed by atoms with E-state index in [2.05, 4.69) is 0 Å². The Kier molecular flexibility index (Phi) is 4.65. The molecule has 1 aliphatic rings. The fourth-order valence-corrected chi connectivity index (χ4v) is 2.76. The van der Waals surface area contributed by atoms with E-state index in [0.717, 1.165) is 37.2 Å². The predicted molar refractivity (Wildman–Crippen MR) is 80.0 cm³/mol. The van der Waals surface area contributed by atoms with E-state index < -0.39 is 0 Å². The lowest BCUT2D eigenvalue weighted by Gasteiger charge is -2.34. The Labute approximate surface area is 120 Å². The first kappa shape index (κ1) is 14.9. The van der Waals surface area contributed by atoms with Gasteiger partial charge in [0.25, 0.3) is 5.91 Å². The Morgan fingerprint density at radius 1 is 1.50 bits per heavy atom. The standard InChI is InChI=1S/C16H24N2O2/c1-11-6-7-13(9-15(11)20-3)16(19)18-8-4-5-14(10-18)12(2)17/h6-7,9,12,14H,4-5,8,10,17H2,1-3H3. The summed E-state index contributed by atoms with van der Waals surface area (Å²) in [5.41, 5.74) is 7.71. The molecule has 1 fully saturated rings. The average Bonchev–Trinajstić information content (AvgIpc) is 2.47. The Bertz CT molecular complexity index is 485. The minimum atomic E-state index is 0.0775. The number of carbonyl (C=O) groups excluding carboxylic acids is 1. The Balaban J connectivity index is 2.14. The first-order chi connectivity index (χ1) is 9.52. The molecular weight excluding hydrogens is 252 g/mol. The van der Waals surface area contributed by atoms with Crippen molar-refractivity contribution in [2.45, 2.75) is 32.7 Å². The number of hydrogen-bond donors (Lipinski definition) is 1. The minimum absolute atomic E-state index is 0.0775. The minimum Gasteiger partial charge on any atom is -0.496 e. The maximum Gasteiger partial charge on any atom is 0.253 e. The number of methoxy groups -OCH3 is 1. The molecule has 4 nitrogen and oxygen atoms in total. The van der Waals surface area contributed by atoms with E-state index in [9.17, 15) is 4.79 Å². The van der Waals surface area contributed by atoms with Gasteiger partial charge in [0.1, 0.15) is 5.75 Å². The van der Waals surface area contributed by atoms with Gasteiger partial charge in [0.05, 0.1) is 7.11 Å². The summed E-state index contributed by atoms with van der Waals surface area (Å²) in [6, 6.07) is 5.76. The Morgan fingerprint density at radius 2 is 2.25 bits per heavy atom. The van der Waals surface area contributed by atoms with Gasteiger partial charge in [-0.2, -0.15) is 0 Å². The van der Waals surface area contributed by atoms with Crippen molar-refractivity contribution in [1.29, 1.82) is 0 Å². The molecule has 0 saturated carbocycles. The normalized spacial score (nSPS) is 20.6. The van der Waals surface area contributed by atoms with Gasteiger partial charge in [-0.25, -0.2) is 0 Å². The summed E-state index contributed by atoms with van der Waals surface area (Å²) in [5.74, 6) is 1.24. The van der Waals surface area contributed by atoms with Gasteiger partial charge < -0.3 is 15.4 Å². The number of rotatable bonds is 3. The van der Waals surface area contributed by atoms with E-state index in [1.165, 1.54) is 0 Å². The fourth-order valence-electron chi connectivity index (χ4n) is 2.76. The molecule has 0 spiro atoms. The highest BCUT2D eigenvalue weighted by Gasteiger charge is 2.26. The summed E-state index contributed by atoms with van der Waals surface area (Å²) in [6.07, 6.45) is 2.14. The first-order valence-corrected chi connectivity index (χ1v) is 7.22. The van der Waals surface area contributed by atoms with Gasteiger partial charge in [-0.05, 0) is 50.3 Å². The molecule has 1 aromatic rings. The van der Waals surface area contributed by atoms with E-state index in [4.69, 9.17) is 10.5 Å². The average molecular weight is 276 g/mol. The number of likely N-dealkylation sites (tertiary alicyclic amines) is 1. The van der Waals surface area contributed by atoms with Gasteiger partial charge in [0.2, 0.25) is 0 Å². The lowest BCUT2D eigenvalue weighted by atomic mass is 9.92. The number of aryl methyl sites for hydroxylation is 1. The first-order valence-electron chi connectivity index (χ1n) is 7.22. The Morgan fingerprint density at radius 3 is 2.90 bits per heavy atom. The van der Waals surface area contributed by atoms with Crippen LogP contribution in [0.5, 0.6) is 5.75 Å². The maximum atomic E-state index is 12.6. The molecule has 4 heteroatoms. The summed E-state index contributed by atoms with van der Waals surface area (Å²) >= 11 is 0. The van der Waals surface area contributed by atoms with Crippen LogP contribution in [0.3, 0.4) is 0 Å². The second-order valence-corrected chi connectivity index (χ2v) is 5.70. The molecule has 2 unspecified atom stereocenters. The number of nitrogens with two attached hydrogens (primary N) is 1. The van der Waals surface area contributed by atoms with Crippen molar-refractivity contribution >= 4 is 5.91 Å². The second kappa shape index (κ2) is 6.27. The van der Waals surface area contributed by atoms with E-state index in [1.54, 1.807) is 7.11 Å². The SMILES string of the molecule is COc1cc(C(=O)N2CCCC(C(C)N)C2)ccc1C. The summed E-state index contributed by atoms with van der Waals surface area (Å²) < 4.78 is 5.29. The third kappa shape index (κ3) is 3.12. The summed E-state index contributed by atoms with van der Waals surface area (Å²) in [7, 11) is 1.63. The number of hydrogen-bond acceptors (Lipinski definition) is 3. The molecule has 110 valence electrons. The quantitative estimate of drug-likeness (QED) is 0.921. The number of benzene rings is 1. The lowest BCUT2D eigenvalue weighted by Crippen LogP contribution is -2.45. The smallest absolute Gasteiger partial charge is 0.253 e. The number of ether oxygens (including phenoxy) is 1. The zero-order valence-electron chi connectivity index (χ0n) is 12.6. The molecule has 2 rings (SSSR count). The lowest BCUT2D eigenvalue weighted by molar-refractivity contribution is 0.0660. The second-order valence-electron chi connectivity index (χ2n) is 5.70. The predicted octanol–water partition coefficient (Wildman–Crippen LogP) is 2.20. The van der Waals surface area contributed by atoms with Gasteiger partial charge >= 0.3 is 0 Å². The van der Waals surface area contributed by atoms with Crippen molar-refractivity contribution in [3.8, 4) is 5.75 Å². The zero-order chi connectivity index (χ0) is 14.7. The monoisotopic (exact) mass is 276 g/mol. The molecule has 1 aliphatic heterocycles. The largest absolute Gasteiger partial charge is 0.496 e. The van der Waals surface area contributed by atoms with Crippen molar-refractivity contribution in [2.24, 2.45) is 11.7 Å². The highest BCUT2D eigenvalue weighted by atomic mass is 16.5. The van der Waals surface area contributed by atoms with Crippen LogP contribution in [0.1, 0.15) is 35.7 Å². The van der Waals surface area contributed by atoms with Crippen LogP contribution in [-0.2, 0) is 0 Å². The molecule has 0 bridgehead atoms. The number of carbonyl (C=O) groups is 1. The summed E-state index contributed by atoms with van der Waals surface area (Å²) in [4.78, 5) is 14.5. The molecule has 0 radical (unpaired) electrons. The van der Waals surface area contributed by atoms with Crippen molar-refractivity contribution < 1.29 is 9.53 Å². The number of piperidine rings is 1. The van der Waals surface area contributed by atoms with Crippen molar-refractivity contribution in [1.82, 2.24) is 4.90 Å². The van der Waals surface area contributed by atoms with Crippen LogP contribution in [0, 0.1) is 12.8 Å². The summed E-state index contributed by atoms with van der Waals surface area (Å²) in [6.45, 7) is 5.57. The van der Waals surface area contributed by atoms with Crippen LogP contribution in [0.15, 0.2) is 18.2 Å². The van der Waals surface area contributed by atoms with Crippen LogP contribution in [0.2, 0.25) is 0 Å². The highest BCUT2D eigenvalue weighted by Crippen LogP contribution is 2.23. The zero-order valence-corrected chi connectivity index (χ0v) is 12.6. The third-order valence-electron chi connectivity index (χ3n) is 4.14. The maximum absolute atomic E-state index is 12.6. The van der Waals surface area contributed by atoms with Crippen molar-refractivity contribution in [2.75, 3.05) is 20.2 Å². The molecule has 2 N–H and O–H groups in total. The molecule has 1 amide bonds. The van der Waals surface area contributed by atoms with Crippen LogP contribution in [-0.4, -0.2) is 37.0 Å². The van der Waals surface area contributed by atoms with E-state index in [1.807, 2.05) is 36.9 Å². The molecular formula is C16H24N2O2. The van der Waals surface area contributed by atoms with E-state index in [0.29, 0.717) is 11.5 Å². The van der Waals surface area contributed by atoms with Gasteiger partial charge in [0.15, 0.2) is 0 Å². The van der Waals surface area contributed by atoms with E-state index >= 15 is 0 Å². The Hall–Kier alpha value is -1.55. The number of amides is 1. The van der Waals surface area contributed by atoms with Crippen LogP contribution in [0.4, 0.5) is 0 Å². The van der Waals surface area contributed by atoms with Crippen LogP contribution < -0.4 is 10.5 Å². The fraction of sp³-hybridized carbons (Fsp3) is 0.562. The van der Waals surface area contributed by atoms with Gasteiger partial charge in [-0.15, -0.1) is 0 Å². The topological polar surface area (TPSA) is 55.6 Å². The molecule has 1 saturated heterocycles.